The minimum absolute atomic E-state index is 0.404. The van der Waals surface area contributed by atoms with Crippen LogP contribution in [0.15, 0.2) is 29.6 Å². The van der Waals surface area contributed by atoms with E-state index in [2.05, 4.69) is 10.7 Å². The van der Waals surface area contributed by atoms with Crippen molar-refractivity contribution in [1.82, 2.24) is 10.3 Å². The Hall–Kier alpha value is -0.550. The van der Waals surface area contributed by atoms with Gasteiger partial charge in [0.1, 0.15) is 5.01 Å². The number of thioether (sulfide) groups is 1. The second kappa shape index (κ2) is 5.61. The molecule has 1 aromatic heterocycles. The molecule has 1 unspecified atom stereocenters. The average Bonchev–Trinajstić information content (AvgIpc) is 2.89. The van der Waals surface area contributed by atoms with Crippen molar-refractivity contribution in [1.29, 1.82) is 0 Å². The van der Waals surface area contributed by atoms with Crippen LogP contribution in [0.5, 0.6) is 0 Å². The first-order valence-electron chi connectivity index (χ1n) is 5.85. The lowest BCUT2D eigenvalue weighted by Gasteiger charge is -2.20. The summed E-state index contributed by atoms with van der Waals surface area (Å²) in [4.78, 5) is 4.73. The number of rotatable bonds is 2. The van der Waals surface area contributed by atoms with Crippen molar-refractivity contribution in [3.8, 4) is 11.3 Å². The second-order valence-electron chi connectivity index (χ2n) is 4.16. The summed E-state index contributed by atoms with van der Waals surface area (Å²) < 4.78 is 0. The maximum Gasteiger partial charge on any atom is 0.111 e. The molecule has 0 saturated carbocycles. The summed E-state index contributed by atoms with van der Waals surface area (Å²) in [6.07, 6.45) is 0. The van der Waals surface area contributed by atoms with Crippen LogP contribution in [0.2, 0.25) is 5.02 Å². The number of hydrogen-bond donors (Lipinski definition) is 1. The Labute approximate surface area is 120 Å². The number of nitrogens with one attached hydrogen (secondary N) is 1. The molecule has 5 heteroatoms. The fraction of sp³-hybridized carbons (Fsp3) is 0.308. The van der Waals surface area contributed by atoms with Crippen molar-refractivity contribution in [2.75, 3.05) is 18.1 Å². The van der Waals surface area contributed by atoms with E-state index < -0.39 is 0 Å². The van der Waals surface area contributed by atoms with Crippen molar-refractivity contribution >= 4 is 34.7 Å². The fourth-order valence-corrected chi connectivity index (χ4v) is 4.09. The molecule has 1 aromatic carbocycles. The Balaban J connectivity index is 1.84. The van der Waals surface area contributed by atoms with Crippen molar-refractivity contribution in [3.05, 3.63) is 39.7 Å². The Morgan fingerprint density at radius 2 is 2.33 bits per heavy atom. The largest absolute Gasteiger partial charge is 0.306 e. The molecule has 0 radical (unpaired) electrons. The van der Waals surface area contributed by atoms with E-state index in [-0.39, 0.29) is 0 Å². The van der Waals surface area contributed by atoms with E-state index in [1.54, 1.807) is 11.3 Å². The lowest BCUT2D eigenvalue weighted by Crippen LogP contribution is -2.30. The summed E-state index contributed by atoms with van der Waals surface area (Å²) in [5, 5.41) is 7.56. The molecule has 1 fully saturated rings. The summed E-state index contributed by atoms with van der Waals surface area (Å²) in [6.45, 7) is 1.07. The Kier molecular flexibility index (Phi) is 3.89. The van der Waals surface area contributed by atoms with Crippen molar-refractivity contribution in [3.63, 3.8) is 0 Å². The molecule has 3 rings (SSSR count). The maximum atomic E-state index is 6.01. The van der Waals surface area contributed by atoms with Gasteiger partial charge in [0.2, 0.25) is 0 Å². The van der Waals surface area contributed by atoms with Crippen molar-refractivity contribution < 1.29 is 0 Å². The molecule has 1 saturated heterocycles. The topological polar surface area (TPSA) is 24.9 Å². The first kappa shape index (κ1) is 12.5. The van der Waals surface area contributed by atoms with Crippen molar-refractivity contribution in [2.45, 2.75) is 6.04 Å². The van der Waals surface area contributed by atoms with Crippen LogP contribution in [0, 0.1) is 0 Å². The van der Waals surface area contributed by atoms with E-state index in [0.29, 0.717) is 6.04 Å². The van der Waals surface area contributed by atoms with Crippen LogP contribution in [0.1, 0.15) is 11.0 Å². The summed E-state index contributed by atoms with van der Waals surface area (Å²) in [5.74, 6) is 2.31. The lowest BCUT2D eigenvalue weighted by molar-refractivity contribution is 0.592. The van der Waals surface area contributed by atoms with E-state index in [1.165, 1.54) is 10.8 Å². The first-order valence-corrected chi connectivity index (χ1v) is 8.26. The molecular weight excluding hydrogens is 284 g/mol. The zero-order chi connectivity index (χ0) is 12.4. The zero-order valence-corrected chi connectivity index (χ0v) is 12.1. The van der Waals surface area contributed by atoms with Gasteiger partial charge in [-0.05, 0) is 12.1 Å². The number of halogens is 1. The summed E-state index contributed by atoms with van der Waals surface area (Å²) >= 11 is 9.73. The minimum Gasteiger partial charge on any atom is -0.306 e. The van der Waals surface area contributed by atoms with Gasteiger partial charge in [0, 0.05) is 34.0 Å². The Morgan fingerprint density at radius 1 is 1.39 bits per heavy atom. The van der Waals surface area contributed by atoms with Crippen LogP contribution in [-0.4, -0.2) is 23.0 Å². The van der Waals surface area contributed by atoms with E-state index in [0.717, 1.165) is 28.6 Å². The Bertz CT molecular complexity index is 535. The van der Waals surface area contributed by atoms with E-state index in [9.17, 15) is 0 Å². The number of benzene rings is 1. The third-order valence-electron chi connectivity index (χ3n) is 2.86. The van der Waals surface area contributed by atoms with Gasteiger partial charge in [-0.2, -0.15) is 11.8 Å². The molecule has 1 N–H and O–H groups in total. The highest BCUT2D eigenvalue weighted by molar-refractivity contribution is 7.99. The smallest absolute Gasteiger partial charge is 0.111 e. The molecular formula is C13H13ClN2S2. The molecule has 2 aromatic rings. The van der Waals surface area contributed by atoms with E-state index in [4.69, 9.17) is 16.6 Å². The average molecular weight is 297 g/mol. The quantitative estimate of drug-likeness (QED) is 0.911. The standard InChI is InChI=1S/C13H13ClN2S2/c14-10-3-1-2-9(6-10)11-8-18-13(16-11)12-7-17-5-4-15-12/h1-3,6,8,12,15H,4-5,7H2. The van der Waals surface area contributed by atoms with Gasteiger partial charge in [0.25, 0.3) is 0 Å². The monoisotopic (exact) mass is 296 g/mol. The lowest BCUT2D eigenvalue weighted by atomic mass is 10.2. The van der Waals surface area contributed by atoms with Gasteiger partial charge >= 0.3 is 0 Å². The zero-order valence-electron chi connectivity index (χ0n) is 9.73. The molecule has 18 heavy (non-hydrogen) atoms. The molecule has 2 heterocycles. The predicted molar refractivity (Wildman–Crippen MR) is 80.6 cm³/mol. The van der Waals surface area contributed by atoms with Gasteiger partial charge in [-0.15, -0.1) is 11.3 Å². The van der Waals surface area contributed by atoms with Crippen LogP contribution in [-0.2, 0) is 0 Å². The predicted octanol–water partition coefficient (Wildman–Crippen LogP) is 3.84. The first-order chi connectivity index (χ1) is 8.83. The van der Waals surface area contributed by atoms with Crippen LogP contribution < -0.4 is 5.32 Å². The van der Waals surface area contributed by atoms with Gasteiger partial charge in [0.15, 0.2) is 0 Å². The van der Waals surface area contributed by atoms with E-state index in [1.807, 2.05) is 36.0 Å². The van der Waals surface area contributed by atoms with Gasteiger partial charge in [-0.3, -0.25) is 0 Å². The molecule has 0 amide bonds. The molecule has 1 aliphatic heterocycles. The third-order valence-corrected chi connectivity index (χ3v) is 5.12. The number of nitrogens with zero attached hydrogens (tertiary/aromatic N) is 1. The molecule has 0 aliphatic carbocycles. The molecule has 1 aliphatic rings. The summed E-state index contributed by atoms with van der Waals surface area (Å²) in [6, 6.07) is 8.27. The minimum atomic E-state index is 0.404. The van der Waals surface area contributed by atoms with Gasteiger partial charge in [-0.1, -0.05) is 23.7 Å². The normalized spacial score (nSPS) is 19.9. The van der Waals surface area contributed by atoms with Crippen LogP contribution in [0.3, 0.4) is 0 Å². The number of thiazole rings is 1. The van der Waals surface area contributed by atoms with Gasteiger partial charge < -0.3 is 5.32 Å². The number of hydrogen-bond acceptors (Lipinski definition) is 4. The van der Waals surface area contributed by atoms with Gasteiger partial charge in [0.05, 0.1) is 11.7 Å². The van der Waals surface area contributed by atoms with Crippen LogP contribution >= 0.6 is 34.7 Å². The molecule has 0 spiro atoms. The highest BCUT2D eigenvalue weighted by atomic mass is 35.5. The summed E-state index contributed by atoms with van der Waals surface area (Å²) in [7, 11) is 0. The van der Waals surface area contributed by atoms with E-state index >= 15 is 0 Å². The molecule has 0 bridgehead atoms. The van der Waals surface area contributed by atoms with Crippen LogP contribution in [0.4, 0.5) is 0 Å². The third kappa shape index (κ3) is 2.72. The second-order valence-corrected chi connectivity index (χ2v) is 6.64. The maximum absolute atomic E-state index is 6.01. The highest BCUT2D eigenvalue weighted by Gasteiger charge is 2.18. The molecule has 94 valence electrons. The SMILES string of the molecule is Clc1cccc(-c2csc(C3CSCCN3)n2)c1. The Morgan fingerprint density at radius 3 is 3.11 bits per heavy atom. The fourth-order valence-electron chi connectivity index (χ4n) is 1.95. The number of aromatic nitrogens is 1. The highest BCUT2D eigenvalue weighted by Crippen LogP contribution is 2.29. The summed E-state index contributed by atoms with van der Waals surface area (Å²) in [5.41, 5.74) is 2.11. The van der Waals surface area contributed by atoms with Crippen LogP contribution in [0.25, 0.3) is 11.3 Å². The van der Waals surface area contributed by atoms with Gasteiger partial charge in [-0.25, -0.2) is 4.98 Å². The van der Waals surface area contributed by atoms with Crippen molar-refractivity contribution in [2.24, 2.45) is 0 Å². The molecule has 1 atom stereocenters. The molecule has 2 nitrogen and oxygen atoms in total.